The summed E-state index contributed by atoms with van der Waals surface area (Å²) in [5, 5.41) is 2.95. The number of amides is 1. The molecule has 0 fully saturated rings. The summed E-state index contributed by atoms with van der Waals surface area (Å²) in [4.78, 5) is 28.9. The fourth-order valence-corrected chi connectivity index (χ4v) is 3.00. The van der Waals surface area contributed by atoms with Crippen molar-refractivity contribution in [3.63, 3.8) is 0 Å². The molecule has 0 saturated heterocycles. The van der Waals surface area contributed by atoms with Crippen LogP contribution in [0.5, 0.6) is 0 Å². The largest absolute Gasteiger partial charge is 0.457 e. The van der Waals surface area contributed by atoms with Crippen molar-refractivity contribution in [1.29, 1.82) is 0 Å². The molecule has 6 nitrogen and oxygen atoms in total. The first-order valence-electron chi connectivity index (χ1n) is 7.59. The van der Waals surface area contributed by atoms with Crippen molar-refractivity contribution in [3.05, 3.63) is 70.1 Å². The Morgan fingerprint density at radius 2 is 1.92 bits per heavy atom. The Morgan fingerprint density at radius 1 is 1.16 bits per heavy atom. The van der Waals surface area contributed by atoms with Crippen LogP contribution in [0.25, 0.3) is 0 Å². The van der Waals surface area contributed by atoms with Gasteiger partial charge in [-0.05, 0) is 31.5 Å². The molecule has 0 aliphatic heterocycles. The van der Waals surface area contributed by atoms with E-state index in [-0.39, 0.29) is 12.4 Å². The van der Waals surface area contributed by atoms with Gasteiger partial charge < -0.3 is 9.15 Å². The molecule has 128 valence electrons. The SMILES string of the molecule is Cc1ccc(C(=O)Nc2nc(C)c(C(=O)OCc3ccccc3)s2)o1. The predicted molar refractivity (Wildman–Crippen MR) is 93.8 cm³/mol. The average molecular weight is 356 g/mol. The molecular formula is C18H16N2O4S. The van der Waals surface area contributed by atoms with Crippen molar-refractivity contribution in [2.45, 2.75) is 20.5 Å². The fraction of sp³-hybridized carbons (Fsp3) is 0.167. The van der Waals surface area contributed by atoms with Crippen LogP contribution in [0.4, 0.5) is 5.13 Å². The van der Waals surface area contributed by atoms with Gasteiger partial charge >= 0.3 is 5.97 Å². The molecule has 25 heavy (non-hydrogen) atoms. The standard InChI is InChI=1S/C18H16N2O4S/c1-11-8-9-14(24-11)16(21)20-18-19-12(2)15(25-18)17(22)23-10-13-6-4-3-5-7-13/h3-9H,10H2,1-2H3,(H,19,20,21). The number of nitrogens with one attached hydrogen (secondary N) is 1. The number of esters is 1. The maximum Gasteiger partial charge on any atom is 0.350 e. The molecule has 7 heteroatoms. The predicted octanol–water partition coefficient (Wildman–Crippen LogP) is 3.96. The van der Waals surface area contributed by atoms with Crippen molar-refractivity contribution in [2.75, 3.05) is 5.32 Å². The Balaban J connectivity index is 1.65. The van der Waals surface area contributed by atoms with E-state index in [0.717, 1.165) is 16.9 Å². The van der Waals surface area contributed by atoms with Gasteiger partial charge in [0.2, 0.25) is 0 Å². The zero-order valence-electron chi connectivity index (χ0n) is 13.7. The second-order valence-corrected chi connectivity index (χ2v) is 6.36. The monoisotopic (exact) mass is 356 g/mol. The van der Waals surface area contributed by atoms with Gasteiger partial charge in [-0.3, -0.25) is 10.1 Å². The second kappa shape index (κ2) is 7.31. The maximum absolute atomic E-state index is 12.2. The van der Waals surface area contributed by atoms with Gasteiger partial charge in [0.15, 0.2) is 10.9 Å². The third kappa shape index (κ3) is 4.13. The molecule has 3 aromatic rings. The van der Waals surface area contributed by atoms with E-state index in [1.165, 1.54) is 0 Å². The van der Waals surface area contributed by atoms with E-state index in [1.54, 1.807) is 26.0 Å². The molecule has 0 aliphatic carbocycles. The lowest BCUT2D eigenvalue weighted by Crippen LogP contribution is -2.10. The van der Waals surface area contributed by atoms with Crippen molar-refractivity contribution >= 4 is 28.3 Å². The fourth-order valence-electron chi connectivity index (χ4n) is 2.14. The van der Waals surface area contributed by atoms with E-state index in [2.05, 4.69) is 10.3 Å². The van der Waals surface area contributed by atoms with Crippen molar-refractivity contribution < 1.29 is 18.7 Å². The number of thiazole rings is 1. The number of anilines is 1. The first-order chi connectivity index (χ1) is 12.0. The number of benzene rings is 1. The molecule has 0 atom stereocenters. The topological polar surface area (TPSA) is 81.4 Å². The van der Waals surface area contributed by atoms with Crippen LogP contribution in [-0.2, 0) is 11.3 Å². The minimum absolute atomic E-state index is 0.185. The van der Waals surface area contributed by atoms with Crippen LogP contribution in [0.15, 0.2) is 46.9 Å². The number of hydrogen-bond donors (Lipinski definition) is 1. The average Bonchev–Trinajstić information content (AvgIpc) is 3.19. The second-order valence-electron chi connectivity index (χ2n) is 5.36. The first-order valence-corrected chi connectivity index (χ1v) is 8.41. The van der Waals surface area contributed by atoms with E-state index in [0.29, 0.717) is 21.5 Å². The van der Waals surface area contributed by atoms with E-state index in [9.17, 15) is 9.59 Å². The third-order valence-electron chi connectivity index (χ3n) is 3.38. The summed E-state index contributed by atoms with van der Waals surface area (Å²) in [7, 11) is 0. The lowest BCUT2D eigenvalue weighted by atomic mass is 10.2. The number of ether oxygens (including phenoxy) is 1. The van der Waals surface area contributed by atoms with Crippen LogP contribution in [0, 0.1) is 13.8 Å². The number of aryl methyl sites for hydroxylation is 2. The summed E-state index contributed by atoms with van der Waals surface area (Å²) in [6, 6.07) is 12.7. The minimum atomic E-state index is -0.465. The van der Waals surface area contributed by atoms with E-state index in [1.807, 2.05) is 30.3 Å². The van der Waals surface area contributed by atoms with Crippen LogP contribution in [0.1, 0.15) is 37.2 Å². The van der Waals surface area contributed by atoms with Crippen LogP contribution >= 0.6 is 11.3 Å². The van der Waals surface area contributed by atoms with Crippen LogP contribution in [0.2, 0.25) is 0 Å². The Hall–Kier alpha value is -2.93. The molecule has 2 aromatic heterocycles. The molecule has 0 unspecified atom stereocenters. The van der Waals surface area contributed by atoms with Gasteiger partial charge in [0.05, 0.1) is 5.69 Å². The Kier molecular flexibility index (Phi) is 4.95. The van der Waals surface area contributed by atoms with Crippen molar-refractivity contribution in [3.8, 4) is 0 Å². The third-order valence-corrected chi connectivity index (χ3v) is 4.43. The lowest BCUT2D eigenvalue weighted by Gasteiger charge is -2.03. The van der Waals surface area contributed by atoms with Gasteiger partial charge in [0.1, 0.15) is 17.2 Å². The zero-order chi connectivity index (χ0) is 17.8. The Labute approximate surface area is 148 Å². The summed E-state index contributed by atoms with van der Waals surface area (Å²) in [5.74, 6) is -0.0385. The number of nitrogens with zero attached hydrogens (tertiary/aromatic N) is 1. The molecule has 0 spiro atoms. The molecule has 3 rings (SSSR count). The minimum Gasteiger partial charge on any atom is -0.457 e. The molecule has 0 aliphatic rings. The van der Waals surface area contributed by atoms with Crippen LogP contribution in [0.3, 0.4) is 0 Å². The van der Waals surface area contributed by atoms with Crippen LogP contribution < -0.4 is 5.32 Å². The van der Waals surface area contributed by atoms with Gasteiger partial charge in [-0.25, -0.2) is 9.78 Å². The Morgan fingerprint density at radius 3 is 2.60 bits per heavy atom. The van der Waals surface area contributed by atoms with E-state index < -0.39 is 11.9 Å². The zero-order valence-corrected chi connectivity index (χ0v) is 14.6. The molecule has 2 heterocycles. The van der Waals surface area contributed by atoms with Gasteiger partial charge in [-0.15, -0.1) is 0 Å². The highest BCUT2D eigenvalue weighted by molar-refractivity contribution is 7.17. The quantitative estimate of drug-likeness (QED) is 0.700. The number of aromatic nitrogens is 1. The number of furan rings is 1. The van der Waals surface area contributed by atoms with Gasteiger partial charge in [-0.2, -0.15) is 0 Å². The van der Waals surface area contributed by atoms with Gasteiger partial charge in [0, 0.05) is 0 Å². The number of hydrogen-bond acceptors (Lipinski definition) is 6. The summed E-state index contributed by atoms with van der Waals surface area (Å²) in [6.07, 6.45) is 0. The van der Waals surface area contributed by atoms with Crippen LogP contribution in [-0.4, -0.2) is 16.9 Å². The Bertz CT molecular complexity index is 899. The number of carbonyl (C=O) groups excluding carboxylic acids is 2. The van der Waals surface area contributed by atoms with E-state index >= 15 is 0 Å². The molecule has 1 amide bonds. The van der Waals surface area contributed by atoms with Gasteiger partial charge in [-0.1, -0.05) is 41.7 Å². The smallest absolute Gasteiger partial charge is 0.350 e. The highest BCUT2D eigenvalue weighted by Crippen LogP contribution is 2.24. The first kappa shape index (κ1) is 16.9. The molecule has 0 saturated carbocycles. The summed E-state index contributed by atoms with van der Waals surface area (Å²) in [5.41, 5.74) is 1.41. The summed E-state index contributed by atoms with van der Waals surface area (Å²) in [6.45, 7) is 3.64. The lowest BCUT2D eigenvalue weighted by molar-refractivity contribution is 0.0477. The molecule has 0 bridgehead atoms. The highest BCUT2D eigenvalue weighted by atomic mass is 32.1. The normalized spacial score (nSPS) is 10.5. The summed E-state index contributed by atoms with van der Waals surface area (Å²) < 4.78 is 10.6. The molecular weight excluding hydrogens is 340 g/mol. The highest BCUT2D eigenvalue weighted by Gasteiger charge is 2.19. The van der Waals surface area contributed by atoms with Crippen molar-refractivity contribution in [1.82, 2.24) is 4.98 Å². The number of carbonyl (C=O) groups is 2. The van der Waals surface area contributed by atoms with Gasteiger partial charge in [0.25, 0.3) is 5.91 Å². The summed E-state index contributed by atoms with van der Waals surface area (Å²) >= 11 is 1.07. The molecule has 0 radical (unpaired) electrons. The number of rotatable bonds is 5. The molecule has 1 aromatic carbocycles. The van der Waals surface area contributed by atoms with Crippen molar-refractivity contribution in [2.24, 2.45) is 0 Å². The van der Waals surface area contributed by atoms with E-state index in [4.69, 9.17) is 9.15 Å². The molecule has 1 N–H and O–H groups in total. The maximum atomic E-state index is 12.2.